The maximum Gasteiger partial charge on any atom is 0.269 e. The lowest BCUT2D eigenvalue weighted by atomic mass is 9.92. The third kappa shape index (κ3) is 6.87. The SMILES string of the molecule is Cc1nc(-c2ccc(-c3ccc(N)cc3F)c3c2C(=O)NC3)[nH]c1C(=O)NCCN1CCN(C)CC1.Nc1ccc(F)cc1. The quantitative estimate of drug-likeness (QED) is 0.213. The van der Waals surface area contributed by atoms with Crippen molar-refractivity contribution in [2.45, 2.75) is 13.5 Å². The van der Waals surface area contributed by atoms with Crippen molar-refractivity contribution in [2.24, 2.45) is 0 Å². The maximum absolute atomic E-state index is 14.7. The molecule has 1 aromatic heterocycles. The monoisotopic (exact) mass is 602 g/mol. The number of benzene rings is 3. The number of hydrogen-bond acceptors (Lipinski definition) is 7. The number of fused-ring (bicyclic) bond motifs is 1. The summed E-state index contributed by atoms with van der Waals surface area (Å²) in [5.41, 5.74) is 15.5. The van der Waals surface area contributed by atoms with Crippen molar-refractivity contribution < 1.29 is 18.4 Å². The number of nitrogen functional groups attached to an aromatic ring is 2. The van der Waals surface area contributed by atoms with Crippen LogP contribution >= 0.6 is 0 Å². The number of nitrogens with zero attached hydrogens (tertiary/aromatic N) is 3. The van der Waals surface area contributed by atoms with Gasteiger partial charge in [0.25, 0.3) is 11.8 Å². The van der Waals surface area contributed by atoms with Crippen molar-refractivity contribution in [2.75, 3.05) is 57.8 Å². The second-order valence-corrected chi connectivity index (χ2v) is 10.9. The molecule has 44 heavy (non-hydrogen) atoms. The molecule has 10 nitrogen and oxygen atoms in total. The molecule has 230 valence electrons. The molecule has 3 aromatic carbocycles. The van der Waals surface area contributed by atoms with Crippen molar-refractivity contribution in [3.05, 3.63) is 88.7 Å². The first-order valence-corrected chi connectivity index (χ1v) is 14.4. The average molecular weight is 603 g/mol. The second kappa shape index (κ2) is 13.2. The summed E-state index contributed by atoms with van der Waals surface area (Å²) < 4.78 is 26.7. The fourth-order valence-electron chi connectivity index (χ4n) is 5.31. The van der Waals surface area contributed by atoms with Crippen molar-refractivity contribution in [1.82, 2.24) is 30.4 Å². The number of nitrogens with one attached hydrogen (secondary N) is 3. The molecule has 4 aromatic rings. The van der Waals surface area contributed by atoms with Crippen LogP contribution in [0.25, 0.3) is 22.5 Å². The molecule has 6 rings (SSSR count). The van der Waals surface area contributed by atoms with Crippen LogP contribution in [0, 0.1) is 18.6 Å². The predicted octanol–water partition coefficient (Wildman–Crippen LogP) is 3.40. The summed E-state index contributed by atoms with van der Waals surface area (Å²) in [4.78, 5) is 37.9. The average Bonchev–Trinajstić information content (AvgIpc) is 3.59. The van der Waals surface area contributed by atoms with E-state index in [9.17, 15) is 18.4 Å². The molecule has 3 heterocycles. The molecule has 7 N–H and O–H groups in total. The molecule has 0 saturated carbocycles. The Balaban J connectivity index is 0.000000418. The highest BCUT2D eigenvalue weighted by Crippen LogP contribution is 2.37. The van der Waals surface area contributed by atoms with Crippen LogP contribution in [0.15, 0.2) is 54.6 Å². The molecule has 0 unspecified atom stereocenters. The van der Waals surface area contributed by atoms with Gasteiger partial charge in [-0.2, -0.15) is 0 Å². The number of H-pyrrole nitrogens is 1. The molecule has 0 atom stereocenters. The first kappa shape index (κ1) is 30.6. The topological polar surface area (TPSA) is 145 Å². The van der Waals surface area contributed by atoms with E-state index >= 15 is 0 Å². The van der Waals surface area contributed by atoms with Gasteiger partial charge in [0.15, 0.2) is 0 Å². The number of piperazine rings is 1. The molecule has 2 amide bonds. The Kier molecular flexibility index (Phi) is 9.21. The molecule has 2 aliphatic rings. The standard InChI is InChI=1S/C26H30FN7O2.C6H6FN/c1-15-23(26(36)29-7-8-34-11-9-33(2)10-12-34)32-24(31-15)19-6-5-17(20-14-30-25(35)22(19)20)18-4-3-16(28)13-21(18)27;7-5-1-3-6(8)4-2-5/h3-6,13H,7-12,14,28H2,1-2H3,(H,29,36)(H,30,35)(H,31,32);1-4H,8H2. The van der Waals surface area contributed by atoms with Crippen LogP contribution in [-0.2, 0) is 6.54 Å². The molecule has 1 saturated heterocycles. The molecular formula is C32H36F2N8O2. The number of aromatic amines is 1. The van der Waals surface area contributed by atoms with E-state index in [0.29, 0.717) is 62.9 Å². The number of imidazole rings is 1. The molecule has 0 radical (unpaired) electrons. The van der Waals surface area contributed by atoms with Gasteiger partial charge in [-0.3, -0.25) is 14.5 Å². The van der Waals surface area contributed by atoms with Gasteiger partial charge >= 0.3 is 0 Å². The van der Waals surface area contributed by atoms with Gasteiger partial charge in [-0.05, 0) is 73.6 Å². The van der Waals surface area contributed by atoms with Gasteiger partial charge in [0, 0.05) is 68.3 Å². The Morgan fingerprint density at radius 3 is 2.30 bits per heavy atom. The lowest BCUT2D eigenvalue weighted by Crippen LogP contribution is -2.46. The van der Waals surface area contributed by atoms with Gasteiger partial charge in [0.05, 0.1) is 11.3 Å². The van der Waals surface area contributed by atoms with Crippen LogP contribution in [-0.4, -0.2) is 77.9 Å². The third-order valence-electron chi connectivity index (χ3n) is 7.80. The summed E-state index contributed by atoms with van der Waals surface area (Å²) in [6.45, 7) is 7.39. The maximum atomic E-state index is 14.7. The fourth-order valence-corrected chi connectivity index (χ4v) is 5.31. The summed E-state index contributed by atoms with van der Waals surface area (Å²) in [5.74, 6) is -0.769. The lowest BCUT2D eigenvalue weighted by molar-refractivity contribution is 0.0934. The smallest absolute Gasteiger partial charge is 0.269 e. The Bertz CT molecular complexity index is 1640. The number of halogens is 2. The van der Waals surface area contributed by atoms with E-state index < -0.39 is 5.82 Å². The zero-order valence-electron chi connectivity index (χ0n) is 24.7. The minimum atomic E-state index is -0.450. The van der Waals surface area contributed by atoms with E-state index in [-0.39, 0.29) is 24.2 Å². The Morgan fingerprint density at radius 2 is 1.61 bits per heavy atom. The summed E-state index contributed by atoms with van der Waals surface area (Å²) in [6, 6.07) is 13.7. The van der Waals surface area contributed by atoms with Gasteiger partial charge in [0.1, 0.15) is 23.2 Å². The number of nitrogens with two attached hydrogens (primary N) is 2. The Hall–Kier alpha value is -4.81. The normalized spacial score (nSPS) is 14.9. The van der Waals surface area contributed by atoms with E-state index in [4.69, 9.17) is 11.5 Å². The first-order valence-electron chi connectivity index (χ1n) is 14.4. The third-order valence-corrected chi connectivity index (χ3v) is 7.80. The second-order valence-electron chi connectivity index (χ2n) is 10.9. The molecule has 2 aliphatic heterocycles. The molecular weight excluding hydrogens is 566 g/mol. The lowest BCUT2D eigenvalue weighted by Gasteiger charge is -2.32. The van der Waals surface area contributed by atoms with Gasteiger partial charge in [0.2, 0.25) is 0 Å². The van der Waals surface area contributed by atoms with E-state index in [2.05, 4.69) is 37.4 Å². The van der Waals surface area contributed by atoms with Crippen molar-refractivity contribution >= 4 is 23.2 Å². The summed E-state index contributed by atoms with van der Waals surface area (Å²) >= 11 is 0. The highest BCUT2D eigenvalue weighted by Gasteiger charge is 2.29. The highest BCUT2D eigenvalue weighted by atomic mass is 19.1. The zero-order chi connectivity index (χ0) is 31.4. The van der Waals surface area contributed by atoms with E-state index in [1.165, 1.54) is 30.3 Å². The van der Waals surface area contributed by atoms with Crippen LogP contribution in [0.1, 0.15) is 32.1 Å². The summed E-state index contributed by atoms with van der Waals surface area (Å²) in [7, 11) is 2.11. The number of rotatable bonds is 6. The first-order chi connectivity index (χ1) is 21.1. The fraction of sp³-hybridized carbons (Fsp3) is 0.281. The van der Waals surface area contributed by atoms with Gasteiger partial charge in [-0.25, -0.2) is 13.8 Å². The predicted molar refractivity (Wildman–Crippen MR) is 167 cm³/mol. The largest absolute Gasteiger partial charge is 0.399 e. The minimum absolute atomic E-state index is 0.234. The number of amides is 2. The Labute approximate surface area is 254 Å². The van der Waals surface area contributed by atoms with Crippen LogP contribution < -0.4 is 22.1 Å². The molecule has 0 aliphatic carbocycles. The van der Waals surface area contributed by atoms with Crippen LogP contribution in [0.5, 0.6) is 0 Å². The number of carbonyl (C=O) groups is 2. The van der Waals surface area contributed by atoms with Gasteiger partial charge in [-0.15, -0.1) is 0 Å². The molecule has 12 heteroatoms. The number of aromatic nitrogens is 2. The summed E-state index contributed by atoms with van der Waals surface area (Å²) in [5, 5.41) is 5.80. The Morgan fingerprint density at radius 1 is 0.955 bits per heavy atom. The zero-order valence-corrected chi connectivity index (χ0v) is 24.7. The number of aryl methyl sites for hydroxylation is 1. The van der Waals surface area contributed by atoms with E-state index in [1.807, 2.05) is 0 Å². The van der Waals surface area contributed by atoms with Crippen LogP contribution in [0.2, 0.25) is 0 Å². The molecule has 0 spiro atoms. The van der Waals surface area contributed by atoms with Crippen molar-refractivity contribution in [3.8, 4) is 22.5 Å². The number of likely N-dealkylation sites (N-methyl/N-ethyl adjacent to an activating group) is 1. The van der Waals surface area contributed by atoms with Gasteiger partial charge < -0.3 is 32.0 Å². The van der Waals surface area contributed by atoms with Gasteiger partial charge in [-0.1, -0.05) is 6.07 Å². The highest BCUT2D eigenvalue weighted by molar-refractivity contribution is 6.06. The number of anilines is 2. The number of carbonyl (C=O) groups excluding carboxylic acids is 2. The molecule has 0 bridgehead atoms. The minimum Gasteiger partial charge on any atom is -0.399 e. The summed E-state index contributed by atoms with van der Waals surface area (Å²) in [6.07, 6.45) is 0. The van der Waals surface area contributed by atoms with Crippen LogP contribution in [0.4, 0.5) is 20.2 Å². The van der Waals surface area contributed by atoms with E-state index in [0.717, 1.165) is 32.7 Å². The molecule has 1 fully saturated rings. The van der Waals surface area contributed by atoms with Crippen LogP contribution in [0.3, 0.4) is 0 Å². The van der Waals surface area contributed by atoms with E-state index in [1.54, 1.807) is 31.2 Å². The number of hydrogen-bond donors (Lipinski definition) is 5. The van der Waals surface area contributed by atoms with Crippen molar-refractivity contribution in [1.29, 1.82) is 0 Å². The van der Waals surface area contributed by atoms with Crippen molar-refractivity contribution in [3.63, 3.8) is 0 Å².